The Morgan fingerprint density at radius 1 is 1.19 bits per heavy atom. The molecule has 0 aromatic heterocycles. The van der Waals surface area contributed by atoms with Crippen LogP contribution in [0.4, 0.5) is 0 Å². The highest BCUT2D eigenvalue weighted by Crippen LogP contribution is 1.99. The molecule has 0 unspecified atom stereocenters. The van der Waals surface area contributed by atoms with E-state index in [1.165, 1.54) is 0 Å². The first-order chi connectivity index (χ1) is 7.49. The van der Waals surface area contributed by atoms with Crippen LogP contribution >= 0.6 is 0 Å². The van der Waals surface area contributed by atoms with E-state index in [1.54, 1.807) is 0 Å². The Hall–Kier alpha value is -1.35. The summed E-state index contributed by atoms with van der Waals surface area (Å²) in [5.74, 6) is 0.641. The second-order valence-corrected chi connectivity index (χ2v) is 5.00. The molecule has 0 saturated heterocycles. The standard InChI is InChI=1S/C13H22N3/c1-16(2,3)11-7-10-15-13(14)12-8-5-4-6-9-12/h4-6,8-9H,7,10-11H2,1-3H3,(H2,14,15)/q+1. The summed E-state index contributed by atoms with van der Waals surface area (Å²) in [5.41, 5.74) is 6.90. The molecule has 3 nitrogen and oxygen atoms in total. The summed E-state index contributed by atoms with van der Waals surface area (Å²) < 4.78 is 0.973. The normalized spacial score (nSPS) is 12.8. The lowest BCUT2D eigenvalue weighted by atomic mass is 10.2. The Kier molecular flexibility index (Phi) is 4.50. The molecule has 0 heterocycles. The molecule has 0 aliphatic carbocycles. The van der Waals surface area contributed by atoms with Crippen molar-refractivity contribution in [3.63, 3.8) is 0 Å². The fourth-order valence-electron chi connectivity index (χ4n) is 1.44. The van der Waals surface area contributed by atoms with Crippen molar-refractivity contribution in [1.82, 2.24) is 0 Å². The lowest BCUT2D eigenvalue weighted by molar-refractivity contribution is -0.870. The van der Waals surface area contributed by atoms with E-state index in [0.29, 0.717) is 5.84 Å². The minimum Gasteiger partial charge on any atom is -0.384 e. The van der Waals surface area contributed by atoms with Gasteiger partial charge in [0, 0.05) is 18.5 Å². The van der Waals surface area contributed by atoms with Crippen LogP contribution in [0.25, 0.3) is 0 Å². The molecule has 88 valence electrons. The lowest BCUT2D eigenvalue weighted by Crippen LogP contribution is -2.35. The molecule has 0 atom stereocenters. The average molecular weight is 220 g/mol. The van der Waals surface area contributed by atoms with Crippen LogP contribution in [0.1, 0.15) is 12.0 Å². The molecule has 3 heteroatoms. The molecule has 0 amide bonds. The quantitative estimate of drug-likeness (QED) is 0.347. The maximum absolute atomic E-state index is 5.89. The highest BCUT2D eigenvalue weighted by molar-refractivity contribution is 5.97. The third kappa shape index (κ3) is 4.94. The van der Waals surface area contributed by atoms with Gasteiger partial charge in [0.05, 0.1) is 27.7 Å². The Labute approximate surface area is 98.2 Å². The zero-order chi connectivity index (χ0) is 12.0. The van der Waals surface area contributed by atoms with E-state index >= 15 is 0 Å². The first-order valence-electron chi connectivity index (χ1n) is 5.65. The van der Waals surface area contributed by atoms with Gasteiger partial charge in [0.15, 0.2) is 0 Å². The third-order valence-corrected chi connectivity index (χ3v) is 2.34. The van der Waals surface area contributed by atoms with Crippen LogP contribution in [0.2, 0.25) is 0 Å². The van der Waals surface area contributed by atoms with Crippen molar-refractivity contribution in [2.45, 2.75) is 6.42 Å². The van der Waals surface area contributed by atoms with Crippen molar-refractivity contribution in [2.75, 3.05) is 34.2 Å². The number of nitrogens with two attached hydrogens (primary N) is 1. The Morgan fingerprint density at radius 3 is 2.38 bits per heavy atom. The molecular weight excluding hydrogens is 198 g/mol. The molecule has 1 rings (SSSR count). The van der Waals surface area contributed by atoms with Gasteiger partial charge < -0.3 is 10.2 Å². The number of hydrogen-bond donors (Lipinski definition) is 1. The van der Waals surface area contributed by atoms with Crippen LogP contribution in [0, 0.1) is 0 Å². The van der Waals surface area contributed by atoms with E-state index in [4.69, 9.17) is 5.73 Å². The number of aliphatic imine (C=N–C) groups is 1. The summed E-state index contributed by atoms with van der Waals surface area (Å²) >= 11 is 0. The summed E-state index contributed by atoms with van der Waals surface area (Å²) in [6.07, 6.45) is 1.07. The van der Waals surface area contributed by atoms with Crippen molar-refractivity contribution in [2.24, 2.45) is 10.7 Å². The van der Waals surface area contributed by atoms with Gasteiger partial charge in [-0.3, -0.25) is 4.99 Å². The molecule has 0 fully saturated rings. The van der Waals surface area contributed by atoms with Gasteiger partial charge in [-0.05, 0) is 0 Å². The highest BCUT2D eigenvalue weighted by atomic mass is 15.3. The van der Waals surface area contributed by atoms with E-state index in [0.717, 1.165) is 29.6 Å². The predicted molar refractivity (Wildman–Crippen MR) is 69.5 cm³/mol. The molecule has 1 aromatic carbocycles. The average Bonchev–Trinajstić information content (AvgIpc) is 2.24. The van der Waals surface area contributed by atoms with E-state index in [2.05, 4.69) is 26.1 Å². The van der Waals surface area contributed by atoms with E-state index in [1.807, 2.05) is 30.3 Å². The summed E-state index contributed by atoms with van der Waals surface area (Å²) in [7, 11) is 6.55. The molecule has 2 N–H and O–H groups in total. The smallest absolute Gasteiger partial charge is 0.125 e. The van der Waals surface area contributed by atoms with Crippen LogP contribution < -0.4 is 5.73 Å². The van der Waals surface area contributed by atoms with E-state index in [-0.39, 0.29) is 0 Å². The number of hydrogen-bond acceptors (Lipinski definition) is 1. The molecule has 0 saturated carbocycles. The first kappa shape index (κ1) is 12.7. The van der Waals surface area contributed by atoms with Crippen LogP contribution in [0.3, 0.4) is 0 Å². The Balaban J connectivity index is 2.41. The Bertz CT molecular complexity index is 336. The zero-order valence-corrected chi connectivity index (χ0v) is 10.5. The zero-order valence-electron chi connectivity index (χ0n) is 10.5. The minimum atomic E-state index is 0.641. The van der Waals surface area contributed by atoms with Gasteiger partial charge >= 0.3 is 0 Å². The summed E-state index contributed by atoms with van der Waals surface area (Å²) in [5, 5.41) is 0. The van der Waals surface area contributed by atoms with Crippen LogP contribution in [0.15, 0.2) is 35.3 Å². The second kappa shape index (κ2) is 5.66. The van der Waals surface area contributed by atoms with E-state index in [9.17, 15) is 0 Å². The maximum atomic E-state index is 5.89. The first-order valence-corrected chi connectivity index (χ1v) is 5.65. The van der Waals surface area contributed by atoms with Crippen molar-refractivity contribution in [3.05, 3.63) is 35.9 Å². The van der Waals surface area contributed by atoms with Crippen LogP contribution in [-0.4, -0.2) is 44.6 Å². The van der Waals surface area contributed by atoms with Gasteiger partial charge in [-0.15, -0.1) is 0 Å². The number of benzene rings is 1. The summed E-state index contributed by atoms with van der Waals surface area (Å²) in [6.45, 7) is 1.92. The number of rotatable bonds is 5. The number of amidine groups is 1. The van der Waals surface area contributed by atoms with Crippen molar-refractivity contribution in [1.29, 1.82) is 0 Å². The van der Waals surface area contributed by atoms with Gasteiger partial charge in [0.1, 0.15) is 5.84 Å². The second-order valence-electron chi connectivity index (χ2n) is 5.00. The fourth-order valence-corrected chi connectivity index (χ4v) is 1.44. The van der Waals surface area contributed by atoms with E-state index < -0.39 is 0 Å². The molecule has 16 heavy (non-hydrogen) atoms. The molecule has 0 aliphatic rings. The third-order valence-electron chi connectivity index (χ3n) is 2.34. The SMILES string of the molecule is C[N+](C)(C)CCCN=C(N)c1ccccc1. The predicted octanol–water partition coefficient (Wildman–Crippen LogP) is 1.49. The minimum absolute atomic E-state index is 0.641. The number of nitrogens with zero attached hydrogens (tertiary/aromatic N) is 2. The van der Waals surface area contributed by atoms with Gasteiger partial charge in [-0.1, -0.05) is 30.3 Å². The molecule has 1 aromatic rings. The van der Waals surface area contributed by atoms with Gasteiger partial charge in [0.2, 0.25) is 0 Å². The monoisotopic (exact) mass is 220 g/mol. The van der Waals surface area contributed by atoms with Gasteiger partial charge in [-0.25, -0.2) is 0 Å². The topological polar surface area (TPSA) is 38.4 Å². The van der Waals surface area contributed by atoms with Crippen LogP contribution in [0.5, 0.6) is 0 Å². The van der Waals surface area contributed by atoms with Crippen molar-refractivity contribution < 1.29 is 4.48 Å². The molecule has 0 radical (unpaired) electrons. The highest BCUT2D eigenvalue weighted by Gasteiger charge is 2.05. The largest absolute Gasteiger partial charge is 0.384 e. The summed E-state index contributed by atoms with van der Waals surface area (Å²) in [6, 6.07) is 9.90. The van der Waals surface area contributed by atoms with Gasteiger partial charge in [-0.2, -0.15) is 0 Å². The summed E-state index contributed by atoms with van der Waals surface area (Å²) in [4.78, 5) is 4.38. The Morgan fingerprint density at radius 2 is 1.81 bits per heavy atom. The van der Waals surface area contributed by atoms with Crippen LogP contribution in [-0.2, 0) is 0 Å². The van der Waals surface area contributed by atoms with Crippen molar-refractivity contribution >= 4 is 5.84 Å². The maximum Gasteiger partial charge on any atom is 0.125 e. The van der Waals surface area contributed by atoms with Crippen molar-refractivity contribution in [3.8, 4) is 0 Å². The fraction of sp³-hybridized carbons (Fsp3) is 0.462. The molecular formula is C13H22N3+. The molecule has 0 bridgehead atoms. The molecule has 0 spiro atoms. The lowest BCUT2D eigenvalue weighted by Gasteiger charge is -2.23. The molecule has 0 aliphatic heterocycles. The van der Waals surface area contributed by atoms with Gasteiger partial charge in [0.25, 0.3) is 0 Å². The number of quaternary nitrogens is 1.